The molecule has 0 rings (SSSR count). The molecule has 1 N–H and O–H groups in total. The molecule has 22 heavy (non-hydrogen) atoms. The minimum Gasteiger partial charge on any atom is -0.317 e. The molecule has 0 fully saturated rings. The van der Waals surface area contributed by atoms with E-state index in [0.29, 0.717) is 22.7 Å². The number of allylic oxidation sites excluding steroid dienone is 2. The van der Waals surface area contributed by atoms with Crippen LogP contribution in [-0.4, -0.2) is 13.1 Å². The molecule has 0 saturated heterocycles. The second kappa shape index (κ2) is 9.75. The Morgan fingerprint density at radius 3 is 1.95 bits per heavy atom. The molecule has 0 saturated carbocycles. The summed E-state index contributed by atoms with van der Waals surface area (Å²) in [5.74, 6) is 2.16. The summed E-state index contributed by atoms with van der Waals surface area (Å²) in [5, 5.41) is 3.66. The van der Waals surface area contributed by atoms with Crippen molar-refractivity contribution in [1.82, 2.24) is 5.32 Å². The van der Waals surface area contributed by atoms with Crippen LogP contribution in [0, 0.1) is 28.6 Å². The number of hydrogen-bond acceptors (Lipinski definition) is 1. The summed E-state index contributed by atoms with van der Waals surface area (Å²) >= 11 is 0. The van der Waals surface area contributed by atoms with E-state index in [0.717, 1.165) is 19.0 Å². The number of rotatable bonds is 11. The lowest BCUT2D eigenvalue weighted by molar-refractivity contribution is 0.180. The van der Waals surface area contributed by atoms with Crippen molar-refractivity contribution in [3.05, 3.63) is 12.2 Å². The molecule has 0 aliphatic rings. The van der Waals surface area contributed by atoms with E-state index >= 15 is 0 Å². The van der Waals surface area contributed by atoms with Crippen molar-refractivity contribution in [3.8, 4) is 0 Å². The molecule has 0 aromatic heterocycles. The van der Waals surface area contributed by atoms with Gasteiger partial charge in [-0.05, 0) is 67.9 Å². The van der Waals surface area contributed by atoms with Gasteiger partial charge in [-0.1, -0.05) is 67.5 Å². The molecule has 1 nitrogen and oxygen atoms in total. The smallest absolute Gasteiger partial charge is 0.00461 e. The summed E-state index contributed by atoms with van der Waals surface area (Å²) in [6, 6.07) is 0. The number of hydrogen-bond donors (Lipinski definition) is 1. The maximum absolute atomic E-state index is 3.66. The van der Waals surface area contributed by atoms with Crippen LogP contribution in [0.2, 0.25) is 0 Å². The molecule has 0 amide bonds. The summed E-state index contributed by atoms with van der Waals surface area (Å²) in [6.45, 7) is 23.4. The lowest BCUT2D eigenvalue weighted by atomic mass is 9.68. The Morgan fingerprint density at radius 2 is 1.50 bits per heavy atom. The van der Waals surface area contributed by atoms with Gasteiger partial charge >= 0.3 is 0 Å². The number of nitrogens with one attached hydrogen (secondary N) is 1. The van der Waals surface area contributed by atoms with Gasteiger partial charge in [0.1, 0.15) is 0 Å². The highest BCUT2D eigenvalue weighted by Crippen LogP contribution is 2.38. The van der Waals surface area contributed by atoms with Crippen LogP contribution in [0.1, 0.15) is 81.6 Å². The fourth-order valence-corrected chi connectivity index (χ4v) is 3.00. The second-order valence-electron chi connectivity index (χ2n) is 8.71. The van der Waals surface area contributed by atoms with Gasteiger partial charge in [-0.3, -0.25) is 0 Å². The third-order valence-corrected chi connectivity index (χ3v) is 6.32. The van der Waals surface area contributed by atoms with Gasteiger partial charge in [0.15, 0.2) is 0 Å². The van der Waals surface area contributed by atoms with Gasteiger partial charge in [0.05, 0.1) is 0 Å². The predicted octanol–water partition coefficient (Wildman–Crippen LogP) is 6.30. The molecule has 0 bridgehead atoms. The third-order valence-electron chi connectivity index (χ3n) is 6.32. The van der Waals surface area contributed by atoms with E-state index in [4.69, 9.17) is 0 Å². The van der Waals surface area contributed by atoms with Crippen molar-refractivity contribution in [3.63, 3.8) is 0 Å². The van der Waals surface area contributed by atoms with E-state index in [1.54, 1.807) is 0 Å². The minimum absolute atomic E-state index is 0.316. The highest BCUT2D eigenvalue weighted by atomic mass is 14.8. The molecule has 2 atom stereocenters. The molecule has 1 heteroatoms. The van der Waals surface area contributed by atoms with Gasteiger partial charge in [-0.2, -0.15) is 0 Å². The molecule has 0 aliphatic heterocycles. The first-order chi connectivity index (χ1) is 10.1. The first-order valence-electron chi connectivity index (χ1n) is 9.42. The van der Waals surface area contributed by atoms with Crippen molar-refractivity contribution < 1.29 is 0 Å². The van der Waals surface area contributed by atoms with Crippen LogP contribution in [-0.2, 0) is 0 Å². The first kappa shape index (κ1) is 21.7. The predicted molar refractivity (Wildman–Crippen MR) is 102 cm³/mol. The molecule has 0 heterocycles. The Kier molecular flexibility index (Phi) is 9.62. The van der Waals surface area contributed by atoms with E-state index < -0.39 is 0 Å². The summed E-state index contributed by atoms with van der Waals surface area (Å²) in [4.78, 5) is 0. The van der Waals surface area contributed by atoms with Gasteiger partial charge < -0.3 is 5.32 Å². The first-order valence-corrected chi connectivity index (χ1v) is 9.42. The van der Waals surface area contributed by atoms with Crippen LogP contribution in [0.25, 0.3) is 0 Å². The zero-order valence-electron chi connectivity index (χ0n) is 16.9. The average Bonchev–Trinajstić information content (AvgIpc) is 2.41. The Morgan fingerprint density at radius 1 is 0.909 bits per heavy atom. The van der Waals surface area contributed by atoms with E-state index in [1.165, 1.54) is 19.3 Å². The summed E-state index contributed by atoms with van der Waals surface area (Å²) < 4.78 is 0. The van der Waals surface area contributed by atoms with Crippen LogP contribution in [0.3, 0.4) is 0 Å². The zero-order valence-corrected chi connectivity index (χ0v) is 16.9. The topological polar surface area (TPSA) is 12.0 Å². The van der Waals surface area contributed by atoms with Crippen LogP contribution < -0.4 is 5.32 Å². The highest BCUT2D eigenvalue weighted by Gasteiger charge is 2.31. The lowest BCUT2D eigenvalue weighted by Crippen LogP contribution is -2.32. The Hall–Kier alpha value is -0.300. The fraction of sp³-hybridized carbons (Fsp3) is 0.905. The molecule has 0 aromatic carbocycles. The van der Waals surface area contributed by atoms with Crippen molar-refractivity contribution >= 4 is 0 Å². The van der Waals surface area contributed by atoms with E-state index in [-0.39, 0.29) is 0 Å². The quantitative estimate of drug-likeness (QED) is 0.348. The van der Waals surface area contributed by atoms with Gasteiger partial charge in [-0.25, -0.2) is 0 Å². The van der Waals surface area contributed by atoms with Crippen LogP contribution in [0.4, 0.5) is 0 Å². The highest BCUT2D eigenvalue weighted by molar-refractivity contribution is 5.00. The van der Waals surface area contributed by atoms with E-state index in [1.807, 2.05) is 0 Å². The van der Waals surface area contributed by atoms with Crippen molar-refractivity contribution in [2.24, 2.45) is 28.6 Å². The summed E-state index contributed by atoms with van der Waals surface area (Å²) in [7, 11) is 0. The van der Waals surface area contributed by atoms with Gasteiger partial charge in [0.2, 0.25) is 0 Å². The normalized spacial score (nSPS) is 17.4. The monoisotopic (exact) mass is 309 g/mol. The van der Waals surface area contributed by atoms with Crippen LogP contribution in [0.15, 0.2) is 12.2 Å². The largest absolute Gasteiger partial charge is 0.317 e. The maximum atomic E-state index is 3.66. The van der Waals surface area contributed by atoms with E-state index in [9.17, 15) is 0 Å². The lowest BCUT2D eigenvalue weighted by Gasteiger charge is -2.37. The third kappa shape index (κ3) is 6.86. The van der Waals surface area contributed by atoms with Crippen LogP contribution >= 0.6 is 0 Å². The average molecular weight is 310 g/mol. The summed E-state index contributed by atoms with van der Waals surface area (Å²) in [5.41, 5.74) is 0.785. The zero-order chi connectivity index (χ0) is 17.4. The Balaban J connectivity index is 4.06. The SMILES string of the molecule is CC=CC(C)(C(C)C)C(C)CCNCCCC(C)(C)C(C)C. The maximum Gasteiger partial charge on any atom is -0.00461 e. The van der Waals surface area contributed by atoms with Gasteiger partial charge in [0, 0.05) is 0 Å². The molecular formula is C21H43N. The molecule has 0 aromatic rings. The van der Waals surface area contributed by atoms with Gasteiger partial charge in [0.25, 0.3) is 0 Å². The Bertz CT molecular complexity index is 314. The van der Waals surface area contributed by atoms with E-state index in [2.05, 4.69) is 79.8 Å². The summed E-state index contributed by atoms with van der Waals surface area (Å²) in [6.07, 6.45) is 8.49. The molecule has 0 spiro atoms. The Labute approximate surface area is 141 Å². The van der Waals surface area contributed by atoms with Gasteiger partial charge in [-0.15, -0.1) is 0 Å². The minimum atomic E-state index is 0.316. The molecule has 0 aliphatic carbocycles. The van der Waals surface area contributed by atoms with Crippen molar-refractivity contribution in [2.45, 2.75) is 81.6 Å². The van der Waals surface area contributed by atoms with Crippen molar-refractivity contribution in [2.75, 3.05) is 13.1 Å². The molecule has 2 unspecified atom stereocenters. The molecular weight excluding hydrogens is 266 g/mol. The molecule has 132 valence electrons. The fourth-order valence-electron chi connectivity index (χ4n) is 3.00. The van der Waals surface area contributed by atoms with Crippen molar-refractivity contribution in [1.29, 1.82) is 0 Å². The second-order valence-corrected chi connectivity index (χ2v) is 8.71. The standard InChI is InChI=1S/C21H43N/c1-10-13-21(9,18(4)5)19(6)12-16-22-15-11-14-20(7,8)17(2)3/h10,13,17-19,22H,11-12,14-16H2,1-9H3. The molecule has 0 radical (unpaired) electrons. The van der Waals surface area contributed by atoms with Crippen LogP contribution in [0.5, 0.6) is 0 Å².